The minimum atomic E-state index is -0.992. The Kier molecular flexibility index (Phi) is 5.75. The van der Waals surface area contributed by atoms with Crippen LogP contribution in [0.3, 0.4) is 0 Å². The molecule has 2 rings (SSSR count). The lowest BCUT2D eigenvalue weighted by Gasteiger charge is -2.13. The van der Waals surface area contributed by atoms with Gasteiger partial charge in [0.15, 0.2) is 0 Å². The van der Waals surface area contributed by atoms with Crippen molar-refractivity contribution in [2.24, 2.45) is 5.73 Å². The second-order valence-electron chi connectivity index (χ2n) is 5.07. The molecule has 3 N–H and O–H groups in total. The Labute approximate surface area is 131 Å². The van der Waals surface area contributed by atoms with Gasteiger partial charge in [0, 0.05) is 40.1 Å². The number of ether oxygens (including phenoxy) is 1. The van der Waals surface area contributed by atoms with Gasteiger partial charge in [-0.05, 0) is 36.6 Å². The van der Waals surface area contributed by atoms with Crippen LogP contribution in [0.25, 0.3) is 0 Å². The molecule has 1 aliphatic rings. The van der Waals surface area contributed by atoms with E-state index in [1.54, 1.807) is 24.5 Å². The summed E-state index contributed by atoms with van der Waals surface area (Å²) >= 11 is 6.06. The highest BCUT2D eigenvalue weighted by Crippen LogP contribution is 2.24. The van der Waals surface area contributed by atoms with Crippen LogP contribution >= 0.6 is 11.6 Å². The summed E-state index contributed by atoms with van der Waals surface area (Å²) in [6.07, 6.45) is 2.59. The predicted molar refractivity (Wildman–Crippen MR) is 84.8 cm³/mol. The number of benzene rings is 1. The third kappa shape index (κ3) is 4.51. The van der Waals surface area contributed by atoms with Crippen LogP contribution in [0.5, 0.6) is 0 Å². The minimum absolute atomic E-state index is 0.0379. The number of amides is 1. The van der Waals surface area contributed by atoms with E-state index in [1.165, 1.54) is 0 Å². The molecule has 1 saturated heterocycles. The Morgan fingerprint density at radius 3 is 2.90 bits per heavy atom. The van der Waals surface area contributed by atoms with E-state index in [0.29, 0.717) is 29.4 Å². The molecule has 0 saturated carbocycles. The monoisotopic (exact) mass is 330 g/mol. The number of hydrogen-bond donors (Lipinski definition) is 2. The van der Waals surface area contributed by atoms with E-state index in [2.05, 4.69) is 5.32 Å². The van der Waals surface area contributed by atoms with Crippen LogP contribution in [0.15, 0.2) is 18.2 Å². The molecule has 21 heavy (non-hydrogen) atoms. The molecule has 0 spiro atoms. The number of carbonyl (C=O) groups excluding carboxylic acids is 1. The maximum atomic E-state index is 12.1. The Balaban J connectivity index is 2.02. The maximum absolute atomic E-state index is 12.1. The highest BCUT2D eigenvalue weighted by molar-refractivity contribution is 7.83. The number of nitrogens with one attached hydrogen (secondary N) is 1. The Hall–Kier alpha value is -0.950. The summed E-state index contributed by atoms with van der Waals surface area (Å²) < 4.78 is 16.9. The number of halogens is 1. The third-order valence-electron chi connectivity index (χ3n) is 3.33. The summed E-state index contributed by atoms with van der Waals surface area (Å²) in [6.45, 7) is 0.428. The largest absolute Gasteiger partial charge is 0.364 e. The van der Waals surface area contributed by atoms with E-state index in [9.17, 15) is 9.00 Å². The van der Waals surface area contributed by atoms with Gasteiger partial charge in [0.25, 0.3) is 5.91 Å². The zero-order valence-electron chi connectivity index (χ0n) is 11.8. The quantitative estimate of drug-likeness (QED) is 0.860. The molecule has 0 aliphatic carbocycles. The van der Waals surface area contributed by atoms with Crippen molar-refractivity contribution in [2.45, 2.75) is 30.8 Å². The van der Waals surface area contributed by atoms with E-state index in [1.807, 2.05) is 0 Å². The summed E-state index contributed by atoms with van der Waals surface area (Å²) in [4.78, 5) is 12.1. The van der Waals surface area contributed by atoms with Gasteiger partial charge in [-0.25, -0.2) is 0 Å². The van der Waals surface area contributed by atoms with Crippen molar-refractivity contribution < 1.29 is 13.7 Å². The van der Waals surface area contributed by atoms with Gasteiger partial charge in [-0.1, -0.05) is 11.6 Å². The highest BCUT2D eigenvalue weighted by Gasteiger charge is 2.29. The molecule has 1 fully saturated rings. The van der Waals surface area contributed by atoms with E-state index >= 15 is 0 Å². The van der Waals surface area contributed by atoms with Gasteiger partial charge < -0.3 is 15.8 Å². The molecular weight excluding hydrogens is 312 g/mol. The van der Waals surface area contributed by atoms with Crippen LogP contribution in [0, 0.1) is 0 Å². The molecule has 1 unspecified atom stereocenters. The van der Waals surface area contributed by atoms with Gasteiger partial charge in [-0.2, -0.15) is 0 Å². The first-order valence-electron chi connectivity index (χ1n) is 6.74. The zero-order valence-corrected chi connectivity index (χ0v) is 13.4. The molecule has 5 nitrogen and oxygen atoms in total. The standard InChI is InChI=1S/C14H19ClN2O3S/c1-21(19)8-9-6-10(2-4-12(9)15)17-14(18)13-5-3-11(7-16)20-13/h2,4,6,11,13H,3,5,7-8,16H2,1H3,(H,17,18)/t11-,13+,21?/m1/s1. The summed E-state index contributed by atoms with van der Waals surface area (Å²) in [5.74, 6) is 0.175. The van der Waals surface area contributed by atoms with E-state index in [-0.39, 0.29) is 12.0 Å². The number of nitrogens with two attached hydrogens (primary N) is 1. The summed E-state index contributed by atoms with van der Waals surface area (Å²) in [5, 5.41) is 3.35. The topological polar surface area (TPSA) is 81.4 Å². The molecule has 0 aromatic heterocycles. The minimum Gasteiger partial charge on any atom is -0.364 e. The fourth-order valence-electron chi connectivity index (χ4n) is 2.28. The van der Waals surface area contributed by atoms with Crippen LogP contribution in [-0.2, 0) is 26.1 Å². The second-order valence-corrected chi connectivity index (χ2v) is 6.92. The smallest absolute Gasteiger partial charge is 0.253 e. The molecule has 116 valence electrons. The first-order chi connectivity index (χ1) is 9.99. The van der Waals surface area contributed by atoms with E-state index in [4.69, 9.17) is 22.1 Å². The molecule has 1 aromatic carbocycles. The van der Waals surface area contributed by atoms with Crippen molar-refractivity contribution in [1.82, 2.24) is 0 Å². The summed E-state index contributed by atoms with van der Waals surface area (Å²) in [7, 11) is -0.992. The molecular formula is C14H19ClN2O3S. The highest BCUT2D eigenvalue weighted by atomic mass is 35.5. The van der Waals surface area contributed by atoms with Gasteiger partial charge in [-0.15, -0.1) is 0 Å². The SMILES string of the molecule is CS(=O)Cc1cc(NC(=O)[C@@H]2CC[C@H](CN)O2)ccc1Cl. The van der Waals surface area contributed by atoms with Gasteiger partial charge in [0.1, 0.15) is 6.10 Å². The predicted octanol–water partition coefficient (Wildman–Crippen LogP) is 1.66. The second kappa shape index (κ2) is 7.35. The van der Waals surface area contributed by atoms with Gasteiger partial charge in [0.2, 0.25) is 0 Å². The fraction of sp³-hybridized carbons (Fsp3) is 0.500. The Bertz CT molecular complexity index is 553. The third-order valence-corrected chi connectivity index (χ3v) is 4.42. The van der Waals surface area contributed by atoms with Crippen molar-refractivity contribution in [2.75, 3.05) is 18.1 Å². The fourth-order valence-corrected chi connectivity index (χ4v) is 3.22. The summed E-state index contributed by atoms with van der Waals surface area (Å²) in [5.41, 5.74) is 6.91. The number of hydrogen-bond acceptors (Lipinski definition) is 4. The van der Waals surface area contributed by atoms with Crippen molar-refractivity contribution in [3.63, 3.8) is 0 Å². The van der Waals surface area contributed by atoms with E-state index in [0.717, 1.165) is 12.0 Å². The van der Waals surface area contributed by atoms with Crippen LogP contribution in [0.1, 0.15) is 18.4 Å². The average molecular weight is 331 g/mol. The van der Waals surface area contributed by atoms with Gasteiger partial charge in [-0.3, -0.25) is 9.00 Å². The van der Waals surface area contributed by atoms with Crippen molar-refractivity contribution in [1.29, 1.82) is 0 Å². The van der Waals surface area contributed by atoms with Crippen LogP contribution in [-0.4, -0.2) is 35.1 Å². The molecule has 1 aliphatic heterocycles. The molecule has 0 bridgehead atoms. The molecule has 1 aromatic rings. The number of anilines is 1. The first kappa shape index (κ1) is 16.4. The summed E-state index contributed by atoms with van der Waals surface area (Å²) in [6, 6.07) is 5.16. The van der Waals surface area contributed by atoms with Crippen molar-refractivity contribution >= 4 is 34.0 Å². The van der Waals surface area contributed by atoms with Gasteiger partial charge in [0.05, 0.1) is 6.10 Å². The lowest BCUT2D eigenvalue weighted by molar-refractivity contribution is -0.126. The molecule has 1 amide bonds. The van der Waals surface area contributed by atoms with Crippen LogP contribution in [0.2, 0.25) is 5.02 Å². The van der Waals surface area contributed by atoms with E-state index < -0.39 is 16.9 Å². The van der Waals surface area contributed by atoms with Crippen molar-refractivity contribution in [3.05, 3.63) is 28.8 Å². The lowest BCUT2D eigenvalue weighted by Crippen LogP contribution is -2.29. The van der Waals surface area contributed by atoms with Crippen LogP contribution in [0.4, 0.5) is 5.69 Å². The number of rotatable bonds is 5. The average Bonchev–Trinajstić information content (AvgIpc) is 2.91. The van der Waals surface area contributed by atoms with Gasteiger partial charge >= 0.3 is 0 Å². The Morgan fingerprint density at radius 1 is 1.52 bits per heavy atom. The molecule has 7 heteroatoms. The zero-order chi connectivity index (χ0) is 15.4. The molecule has 1 heterocycles. The first-order valence-corrected chi connectivity index (χ1v) is 8.85. The lowest BCUT2D eigenvalue weighted by atomic mass is 10.1. The molecule has 3 atom stereocenters. The number of carbonyl (C=O) groups is 1. The maximum Gasteiger partial charge on any atom is 0.253 e. The normalized spacial score (nSPS) is 23.0. The Morgan fingerprint density at radius 2 is 2.29 bits per heavy atom. The molecule has 0 radical (unpaired) electrons. The van der Waals surface area contributed by atoms with Crippen LogP contribution < -0.4 is 11.1 Å². The van der Waals surface area contributed by atoms with Crippen molar-refractivity contribution in [3.8, 4) is 0 Å².